The van der Waals surface area contributed by atoms with Crippen molar-refractivity contribution >= 4 is 49.1 Å². The first-order valence-corrected chi connectivity index (χ1v) is 8.37. The molecule has 1 amide bonds. The number of nitrogens with two attached hydrogens (primary N) is 1. The summed E-state index contributed by atoms with van der Waals surface area (Å²) in [6, 6.07) is 1.88. The number of likely N-dealkylation sites (tertiary alicyclic amines) is 1. The summed E-state index contributed by atoms with van der Waals surface area (Å²) in [4.78, 5) is 14.4. The van der Waals surface area contributed by atoms with E-state index in [0.29, 0.717) is 18.4 Å². The molecule has 1 saturated heterocycles. The zero-order chi connectivity index (χ0) is 13.3. The van der Waals surface area contributed by atoms with E-state index in [1.165, 1.54) is 11.3 Å². The number of thiophene rings is 1. The molecule has 18 heavy (non-hydrogen) atoms. The molecule has 2 rings (SSSR count). The van der Waals surface area contributed by atoms with Gasteiger partial charge in [-0.05, 0) is 62.7 Å². The second-order valence-electron chi connectivity index (χ2n) is 4.75. The van der Waals surface area contributed by atoms with Gasteiger partial charge in [-0.2, -0.15) is 0 Å². The fourth-order valence-corrected chi connectivity index (χ4v) is 5.07. The molecule has 1 fully saturated rings. The number of carbonyl (C=O) groups is 1. The van der Waals surface area contributed by atoms with Crippen LogP contribution < -0.4 is 5.73 Å². The van der Waals surface area contributed by atoms with Crippen molar-refractivity contribution < 1.29 is 4.79 Å². The van der Waals surface area contributed by atoms with Gasteiger partial charge in [-0.1, -0.05) is 6.92 Å². The van der Waals surface area contributed by atoms with E-state index in [4.69, 9.17) is 5.73 Å². The molecule has 2 unspecified atom stereocenters. The largest absolute Gasteiger partial charge is 0.338 e. The predicted molar refractivity (Wildman–Crippen MR) is 81.9 cm³/mol. The standard InChI is InChI=1S/C12H16Br2N2OS/c1-7-2-3-16(6-8(7)5-15)12(17)9-4-10(13)18-11(9)14/h4,7-8H,2-3,5-6,15H2,1H3. The predicted octanol–water partition coefficient (Wildman–Crippen LogP) is 3.33. The Balaban J connectivity index is 2.12. The summed E-state index contributed by atoms with van der Waals surface area (Å²) < 4.78 is 1.86. The molecule has 1 aliphatic rings. The third-order valence-corrected chi connectivity index (χ3v) is 5.93. The minimum Gasteiger partial charge on any atom is -0.338 e. The Kier molecular flexibility index (Phi) is 4.86. The SMILES string of the molecule is CC1CCN(C(=O)c2cc(Br)sc2Br)CC1CN. The summed E-state index contributed by atoms with van der Waals surface area (Å²) in [7, 11) is 0. The number of rotatable bonds is 2. The third kappa shape index (κ3) is 2.98. The number of amides is 1. The lowest BCUT2D eigenvalue weighted by Gasteiger charge is -2.36. The van der Waals surface area contributed by atoms with Crippen molar-refractivity contribution in [3.63, 3.8) is 0 Å². The maximum Gasteiger partial charge on any atom is 0.255 e. The summed E-state index contributed by atoms with van der Waals surface area (Å²) in [5.41, 5.74) is 6.52. The number of hydrogen-bond acceptors (Lipinski definition) is 3. The number of nitrogens with zero attached hydrogens (tertiary/aromatic N) is 1. The van der Waals surface area contributed by atoms with Crippen LogP contribution >= 0.6 is 43.2 Å². The first-order valence-electron chi connectivity index (χ1n) is 5.97. The Morgan fingerprint density at radius 2 is 2.33 bits per heavy atom. The van der Waals surface area contributed by atoms with Crippen molar-refractivity contribution in [2.75, 3.05) is 19.6 Å². The summed E-state index contributed by atoms with van der Waals surface area (Å²) in [6.07, 6.45) is 1.04. The van der Waals surface area contributed by atoms with Crippen LogP contribution in [0.4, 0.5) is 0 Å². The van der Waals surface area contributed by atoms with Gasteiger partial charge in [0.15, 0.2) is 0 Å². The second-order valence-corrected chi connectivity index (χ2v) is 8.50. The number of carbonyl (C=O) groups excluding carboxylic acids is 1. The monoisotopic (exact) mass is 394 g/mol. The van der Waals surface area contributed by atoms with Gasteiger partial charge in [0.1, 0.15) is 0 Å². The molecule has 1 aliphatic heterocycles. The molecule has 3 nitrogen and oxygen atoms in total. The Labute approximate surface area is 128 Å². The highest BCUT2D eigenvalue weighted by atomic mass is 79.9. The molecule has 2 heterocycles. The van der Waals surface area contributed by atoms with Gasteiger partial charge < -0.3 is 10.6 Å². The van der Waals surface area contributed by atoms with Crippen molar-refractivity contribution in [3.05, 3.63) is 19.2 Å². The van der Waals surface area contributed by atoms with Crippen molar-refractivity contribution in [2.24, 2.45) is 17.6 Å². The fraction of sp³-hybridized carbons (Fsp3) is 0.583. The minimum absolute atomic E-state index is 0.106. The average molecular weight is 396 g/mol. The van der Waals surface area contributed by atoms with E-state index in [0.717, 1.165) is 32.6 Å². The molecule has 2 atom stereocenters. The summed E-state index contributed by atoms with van der Waals surface area (Å²) >= 11 is 8.38. The average Bonchev–Trinajstić information content (AvgIpc) is 2.68. The molecular formula is C12H16Br2N2OS. The zero-order valence-corrected chi connectivity index (χ0v) is 14.1. The fourth-order valence-electron chi connectivity index (χ4n) is 2.30. The van der Waals surface area contributed by atoms with Gasteiger partial charge in [-0.3, -0.25) is 4.79 Å². The van der Waals surface area contributed by atoms with Crippen LogP contribution in [0.1, 0.15) is 23.7 Å². The van der Waals surface area contributed by atoms with Gasteiger partial charge in [0.2, 0.25) is 0 Å². The van der Waals surface area contributed by atoms with Gasteiger partial charge in [0.25, 0.3) is 5.91 Å². The van der Waals surface area contributed by atoms with Crippen molar-refractivity contribution in [1.29, 1.82) is 0 Å². The lowest BCUT2D eigenvalue weighted by Crippen LogP contribution is -2.45. The molecule has 0 radical (unpaired) electrons. The van der Waals surface area contributed by atoms with Crippen LogP contribution in [0.5, 0.6) is 0 Å². The summed E-state index contributed by atoms with van der Waals surface area (Å²) in [5, 5.41) is 0. The molecule has 6 heteroatoms. The number of halogens is 2. The first-order chi connectivity index (χ1) is 8.52. The van der Waals surface area contributed by atoms with Crippen LogP contribution in [0.15, 0.2) is 13.6 Å². The first kappa shape index (κ1) is 14.5. The van der Waals surface area contributed by atoms with Gasteiger partial charge in [0, 0.05) is 13.1 Å². The molecular weight excluding hydrogens is 380 g/mol. The van der Waals surface area contributed by atoms with Crippen LogP contribution in [-0.4, -0.2) is 30.4 Å². The van der Waals surface area contributed by atoms with Crippen LogP contribution in [0.3, 0.4) is 0 Å². The topological polar surface area (TPSA) is 46.3 Å². The quantitative estimate of drug-likeness (QED) is 0.834. The molecule has 2 N–H and O–H groups in total. The van der Waals surface area contributed by atoms with Crippen LogP contribution in [0.2, 0.25) is 0 Å². The number of piperidine rings is 1. The molecule has 100 valence electrons. The van der Waals surface area contributed by atoms with E-state index in [-0.39, 0.29) is 5.91 Å². The summed E-state index contributed by atoms with van der Waals surface area (Å²) in [5.74, 6) is 1.13. The van der Waals surface area contributed by atoms with Crippen molar-refractivity contribution in [1.82, 2.24) is 4.90 Å². The van der Waals surface area contributed by atoms with Gasteiger partial charge in [-0.25, -0.2) is 0 Å². The van der Waals surface area contributed by atoms with Crippen LogP contribution in [-0.2, 0) is 0 Å². The molecule has 0 saturated carbocycles. The van der Waals surface area contributed by atoms with Gasteiger partial charge >= 0.3 is 0 Å². The van der Waals surface area contributed by atoms with E-state index in [1.54, 1.807) is 0 Å². The van der Waals surface area contributed by atoms with E-state index in [9.17, 15) is 4.79 Å². The lowest BCUT2D eigenvalue weighted by molar-refractivity contribution is 0.0618. The smallest absolute Gasteiger partial charge is 0.255 e. The Morgan fingerprint density at radius 3 is 2.89 bits per heavy atom. The van der Waals surface area contributed by atoms with E-state index in [2.05, 4.69) is 38.8 Å². The molecule has 0 bridgehead atoms. The molecule has 0 aliphatic carbocycles. The van der Waals surface area contributed by atoms with E-state index >= 15 is 0 Å². The van der Waals surface area contributed by atoms with Gasteiger partial charge in [0.05, 0.1) is 13.1 Å². The maximum absolute atomic E-state index is 12.4. The lowest BCUT2D eigenvalue weighted by atomic mass is 9.87. The third-order valence-electron chi connectivity index (χ3n) is 3.59. The van der Waals surface area contributed by atoms with E-state index in [1.807, 2.05) is 11.0 Å². The van der Waals surface area contributed by atoms with Gasteiger partial charge in [-0.15, -0.1) is 11.3 Å². The highest BCUT2D eigenvalue weighted by Gasteiger charge is 2.29. The highest BCUT2D eigenvalue weighted by molar-refractivity contribution is 9.12. The minimum atomic E-state index is 0.106. The number of hydrogen-bond donors (Lipinski definition) is 1. The molecule has 0 spiro atoms. The zero-order valence-electron chi connectivity index (χ0n) is 10.2. The summed E-state index contributed by atoms with van der Waals surface area (Å²) in [6.45, 7) is 4.47. The second kappa shape index (κ2) is 6.03. The van der Waals surface area contributed by atoms with Crippen LogP contribution in [0.25, 0.3) is 0 Å². The highest BCUT2D eigenvalue weighted by Crippen LogP contribution is 2.33. The maximum atomic E-state index is 12.4. The normalized spacial score (nSPS) is 24.3. The Hall–Kier alpha value is 0.0900. The Morgan fingerprint density at radius 1 is 1.61 bits per heavy atom. The van der Waals surface area contributed by atoms with Crippen molar-refractivity contribution in [3.8, 4) is 0 Å². The molecule has 0 aromatic carbocycles. The van der Waals surface area contributed by atoms with Crippen molar-refractivity contribution in [2.45, 2.75) is 13.3 Å². The van der Waals surface area contributed by atoms with E-state index < -0.39 is 0 Å². The molecule has 1 aromatic rings. The Bertz CT molecular complexity index is 449. The molecule has 1 aromatic heterocycles. The van der Waals surface area contributed by atoms with Crippen LogP contribution in [0, 0.1) is 11.8 Å².